The van der Waals surface area contributed by atoms with E-state index in [1.165, 1.54) is 29.6 Å². The third-order valence-electron chi connectivity index (χ3n) is 4.25. The van der Waals surface area contributed by atoms with Crippen LogP contribution in [0.1, 0.15) is 23.2 Å². The zero-order valence-electron chi connectivity index (χ0n) is 14.3. The molecular weight excluding hydrogens is 356 g/mol. The van der Waals surface area contributed by atoms with Crippen molar-refractivity contribution in [2.45, 2.75) is 17.7 Å². The summed E-state index contributed by atoms with van der Waals surface area (Å²) in [5, 5.41) is 12.6. The minimum Gasteiger partial charge on any atom is -0.506 e. The lowest BCUT2D eigenvalue weighted by atomic mass is 10.2. The Kier molecular flexibility index (Phi) is 5.15. The number of phenols is 1. The Morgan fingerprint density at radius 2 is 1.88 bits per heavy atom. The van der Waals surface area contributed by atoms with E-state index in [0.29, 0.717) is 24.4 Å². The highest BCUT2D eigenvalue weighted by Gasteiger charge is 2.28. The number of hydrogen-bond donors (Lipinski definition) is 2. The number of ether oxygens (including phenoxy) is 1. The molecule has 0 unspecified atom stereocenters. The first kappa shape index (κ1) is 18.2. The van der Waals surface area contributed by atoms with Crippen LogP contribution in [0.3, 0.4) is 0 Å². The Balaban J connectivity index is 1.87. The Morgan fingerprint density at radius 3 is 2.58 bits per heavy atom. The molecule has 1 aliphatic heterocycles. The monoisotopic (exact) mass is 376 g/mol. The minimum absolute atomic E-state index is 0.0399. The van der Waals surface area contributed by atoms with E-state index >= 15 is 0 Å². The van der Waals surface area contributed by atoms with Crippen molar-refractivity contribution in [1.29, 1.82) is 0 Å². The number of rotatable bonds is 5. The molecule has 7 nitrogen and oxygen atoms in total. The SMILES string of the molecule is COc1cccc(C(=O)Nc2cc(S(=O)(=O)N3CCCC3)ccc2O)c1. The molecule has 0 aliphatic carbocycles. The summed E-state index contributed by atoms with van der Waals surface area (Å²) >= 11 is 0. The van der Waals surface area contributed by atoms with Crippen LogP contribution < -0.4 is 10.1 Å². The maximum absolute atomic E-state index is 12.7. The number of carbonyl (C=O) groups excluding carboxylic acids is 1. The number of nitrogens with one attached hydrogen (secondary N) is 1. The molecule has 0 bridgehead atoms. The number of anilines is 1. The fourth-order valence-electron chi connectivity index (χ4n) is 2.81. The maximum Gasteiger partial charge on any atom is 0.255 e. The highest BCUT2D eigenvalue weighted by molar-refractivity contribution is 7.89. The van der Waals surface area contributed by atoms with Crippen molar-refractivity contribution in [3.63, 3.8) is 0 Å². The average Bonchev–Trinajstić information content (AvgIpc) is 3.19. The van der Waals surface area contributed by atoms with E-state index < -0.39 is 15.9 Å². The van der Waals surface area contributed by atoms with Crippen LogP contribution >= 0.6 is 0 Å². The van der Waals surface area contributed by atoms with Crippen molar-refractivity contribution in [1.82, 2.24) is 4.31 Å². The van der Waals surface area contributed by atoms with Gasteiger partial charge in [-0.2, -0.15) is 4.31 Å². The molecule has 2 aromatic rings. The van der Waals surface area contributed by atoms with Gasteiger partial charge < -0.3 is 15.2 Å². The highest BCUT2D eigenvalue weighted by atomic mass is 32.2. The number of carbonyl (C=O) groups is 1. The van der Waals surface area contributed by atoms with Crippen LogP contribution in [0.15, 0.2) is 47.4 Å². The summed E-state index contributed by atoms with van der Waals surface area (Å²) in [7, 11) is -2.14. The lowest BCUT2D eigenvalue weighted by Crippen LogP contribution is -2.28. The maximum atomic E-state index is 12.7. The Hall–Kier alpha value is -2.58. The largest absolute Gasteiger partial charge is 0.506 e. The van der Waals surface area contributed by atoms with Crippen molar-refractivity contribution >= 4 is 21.6 Å². The summed E-state index contributed by atoms with van der Waals surface area (Å²) in [4.78, 5) is 12.5. The minimum atomic E-state index is -3.64. The van der Waals surface area contributed by atoms with E-state index in [2.05, 4.69) is 5.32 Å². The number of sulfonamides is 1. The van der Waals surface area contributed by atoms with E-state index in [1.54, 1.807) is 24.3 Å². The van der Waals surface area contributed by atoms with Crippen molar-refractivity contribution in [2.24, 2.45) is 0 Å². The van der Waals surface area contributed by atoms with Crippen LogP contribution in [0, 0.1) is 0 Å². The van der Waals surface area contributed by atoms with Gasteiger partial charge in [-0.15, -0.1) is 0 Å². The zero-order valence-corrected chi connectivity index (χ0v) is 15.1. The van der Waals surface area contributed by atoms with Gasteiger partial charge in [0.15, 0.2) is 0 Å². The van der Waals surface area contributed by atoms with E-state index in [-0.39, 0.29) is 16.3 Å². The summed E-state index contributed by atoms with van der Waals surface area (Å²) in [6.45, 7) is 0.962. The van der Waals surface area contributed by atoms with E-state index in [9.17, 15) is 18.3 Å². The molecule has 1 heterocycles. The molecule has 26 heavy (non-hydrogen) atoms. The van der Waals surface area contributed by atoms with Crippen LogP contribution in [0.4, 0.5) is 5.69 Å². The normalized spacial score (nSPS) is 15.0. The zero-order chi connectivity index (χ0) is 18.7. The first-order chi connectivity index (χ1) is 12.4. The predicted octanol–water partition coefficient (Wildman–Crippen LogP) is 2.44. The fourth-order valence-corrected chi connectivity index (χ4v) is 4.36. The molecule has 2 N–H and O–H groups in total. The van der Waals surface area contributed by atoms with Crippen molar-refractivity contribution in [2.75, 3.05) is 25.5 Å². The topological polar surface area (TPSA) is 95.9 Å². The molecule has 138 valence electrons. The number of hydrogen-bond acceptors (Lipinski definition) is 5. The standard InChI is InChI=1S/C18H20N2O5S/c1-25-14-6-4-5-13(11-14)18(22)19-16-12-15(7-8-17(16)21)26(23,24)20-9-2-3-10-20/h4-8,11-12,21H,2-3,9-10H2,1H3,(H,19,22). The molecular formula is C18H20N2O5S. The number of amides is 1. The Labute approximate surface area is 152 Å². The Bertz CT molecular complexity index is 921. The van der Waals surface area contributed by atoms with E-state index in [1.807, 2.05) is 0 Å². The molecule has 1 fully saturated rings. The summed E-state index contributed by atoms with van der Waals surface area (Å²) in [6.07, 6.45) is 1.66. The van der Waals surface area contributed by atoms with Crippen LogP contribution in [0.25, 0.3) is 0 Å². The molecule has 1 saturated heterocycles. The number of aromatic hydroxyl groups is 1. The quantitative estimate of drug-likeness (QED) is 0.782. The highest BCUT2D eigenvalue weighted by Crippen LogP contribution is 2.29. The van der Waals surface area contributed by atoms with Gasteiger partial charge >= 0.3 is 0 Å². The van der Waals surface area contributed by atoms with Gasteiger partial charge in [-0.05, 0) is 49.2 Å². The second kappa shape index (κ2) is 7.35. The molecule has 0 atom stereocenters. The van der Waals surface area contributed by atoms with E-state index in [4.69, 9.17) is 4.74 Å². The third-order valence-corrected chi connectivity index (χ3v) is 6.15. The van der Waals surface area contributed by atoms with Crippen LogP contribution in [0.2, 0.25) is 0 Å². The van der Waals surface area contributed by atoms with Crippen LogP contribution in [-0.2, 0) is 10.0 Å². The van der Waals surface area contributed by atoms with Gasteiger partial charge in [0.05, 0.1) is 17.7 Å². The molecule has 1 aliphatic rings. The molecule has 1 amide bonds. The molecule has 0 aromatic heterocycles. The predicted molar refractivity (Wildman–Crippen MR) is 97.0 cm³/mol. The molecule has 0 spiro atoms. The van der Waals surface area contributed by atoms with Crippen molar-refractivity contribution in [3.8, 4) is 11.5 Å². The van der Waals surface area contributed by atoms with Gasteiger partial charge in [-0.25, -0.2) is 8.42 Å². The van der Waals surface area contributed by atoms with Crippen LogP contribution in [-0.4, -0.2) is 43.9 Å². The fraction of sp³-hybridized carbons (Fsp3) is 0.278. The number of phenolic OH excluding ortho intramolecular Hbond substituents is 1. The molecule has 3 rings (SSSR count). The van der Waals surface area contributed by atoms with Gasteiger partial charge in [-0.3, -0.25) is 4.79 Å². The van der Waals surface area contributed by atoms with Crippen LogP contribution in [0.5, 0.6) is 11.5 Å². The number of benzene rings is 2. The second-order valence-corrected chi connectivity index (χ2v) is 7.91. The summed E-state index contributed by atoms with van der Waals surface area (Å²) in [6, 6.07) is 10.4. The van der Waals surface area contributed by atoms with E-state index in [0.717, 1.165) is 12.8 Å². The number of methoxy groups -OCH3 is 1. The summed E-state index contributed by atoms with van der Waals surface area (Å²) in [5.74, 6) is -0.163. The Morgan fingerprint density at radius 1 is 1.15 bits per heavy atom. The van der Waals surface area contributed by atoms with Gasteiger partial charge in [0, 0.05) is 18.7 Å². The van der Waals surface area contributed by atoms with Crippen molar-refractivity contribution < 1.29 is 23.1 Å². The molecule has 8 heteroatoms. The van der Waals surface area contributed by atoms with Gasteiger partial charge in [0.2, 0.25) is 10.0 Å². The molecule has 2 aromatic carbocycles. The number of nitrogens with zero attached hydrogens (tertiary/aromatic N) is 1. The van der Waals surface area contributed by atoms with Gasteiger partial charge in [0.1, 0.15) is 11.5 Å². The van der Waals surface area contributed by atoms with Gasteiger partial charge in [-0.1, -0.05) is 6.07 Å². The van der Waals surface area contributed by atoms with Gasteiger partial charge in [0.25, 0.3) is 5.91 Å². The third kappa shape index (κ3) is 3.66. The second-order valence-electron chi connectivity index (χ2n) is 5.98. The first-order valence-corrected chi connectivity index (χ1v) is 9.64. The molecule has 0 saturated carbocycles. The lowest BCUT2D eigenvalue weighted by Gasteiger charge is -2.16. The average molecular weight is 376 g/mol. The smallest absolute Gasteiger partial charge is 0.255 e. The lowest BCUT2D eigenvalue weighted by molar-refractivity contribution is 0.102. The summed E-state index contributed by atoms with van der Waals surface area (Å²) < 4.78 is 31.8. The summed E-state index contributed by atoms with van der Waals surface area (Å²) in [5.41, 5.74) is 0.370. The molecule has 0 radical (unpaired) electrons. The van der Waals surface area contributed by atoms with Crippen molar-refractivity contribution in [3.05, 3.63) is 48.0 Å². The first-order valence-electron chi connectivity index (χ1n) is 8.20.